The van der Waals surface area contributed by atoms with E-state index >= 15 is 0 Å². The normalized spacial score (nSPS) is 13.6. The maximum Gasteiger partial charge on any atom is 0.230 e. The summed E-state index contributed by atoms with van der Waals surface area (Å²) >= 11 is 0. The molecule has 19 heavy (non-hydrogen) atoms. The number of rotatable bonds is 4. The van der Waals surface area contributed by atoms with E-state index in [2.05, 4.69) is 5.32 Å². The molecule has 0 unspecified atom stereocenters. The number of hydrogen-bond acceptors (Lipinski definition) is 2. The highest BCUT2D eigenvalue weighted by Crippen LogP contribution is 2.30. The Labute approximate surface area is 112 Å². The van der Waals surface area contributed by atoms with Crippen molar-refractivity contribution in [1.82, 2.24) is 5.32 Å². The molecule has 3 nitrogen and oxygen atoms in total. The smallest absolute Gasteiger partial charge is 0.230 e. The van der Waals surface area contributed by atoms with Gasteiger partial charge in [0.25, 0.3) is 0 Å². The summed E-state index contributed by atoms with van der Waals surface area (Å²) in [6.45, 7) is 0. The molecule has 0 spiro atoms. The average Bonchev–Trinajstić information content (AvgIpc) is 2.49. The average molecular weight is 255 g/mol. The first-order valence-corrected chi connectivity index (χ1v) is 6.23. The van der Waals surface area contributed by atoms with Crippen molar-refractivity contribution in [1.29, 1.82) is 0 Å². The van der Waals surface area contributed by atoms with Gasteiger partial charge in [0.05, 0.1) is 12.0 Å². The monoisotopic (exact) mass is 255 g/mol. The van der Waals surface area contributed by atoms with Crippen LogP contribution in [0.1, 0.15) is 23.1 Å². The molecule has 0 aromatic heterocycles. The van der Waals surface area contributed by atoms with Crippen molar-refractivity contribution < 1.29 is 9.90 Å². The predicted molar refractivity (Wildman–Crippen MR) is 74.7 cm³/mol. The van der Waals surface area contributed by atoms with Crippen LogP contribution in [-0.2, 0) is 4.79 Å². The Morgan fingerprint density at radius 3 is 1.89 bits per heavy atom. The topological polar surface area (TPSA) is 49.3 Å². The number of carbonyl (C=O) groups is 1. The summed E-state index contributed by atoms with van der Waals surface area (Å²) in [6, 6.07) is 18.6. The van der Waals surface area contributed by atoms with Gasteiger partial charge in [-0.15, -0.1) is 0 Å². The molecule has 98 valence electrons. The van der Waals surface area contributed by atoms with Gasteiger partial charge >= 0.3 is 0 Å². The third-order valence-corrected chi connectivity index (χ3v) is 3.14. The van der Waals surface area contributed by atoms with Gasteiger partial charge in [-0.1, -0.05) is 60.7 Å². The Hall–Kier alpha value is -2.13. The van der Waals surface area contributed by atoms with E-state index in [0.717, 1.165) is 11.1 Å². The Kier molecular flexibility index (Phi) is 4.31. The molecule has 0 aliphatic rings. The van der Waals surface area contributed by atoms with Crippen LogP contribution in [-0.4, -0.2) is 18.1 Å². The van der Waals surface area contributed by atoms with Crippen LogP contribution in [0.5, 0.6) is 0 Å². The lowest BCUT2D eigenvalue weighted by Gasteiger charge is -2.22. The zero-order chi connectivity index (χ0) is 13.7. The van der Waals surface area contributed by atoms with Crippen LogP contribution in [0.2, 0.25) is 0 Å². The molecule has 3 heteroatoms. The number of aliphatic hydroxyl groups is 1. The highest BCUT2D eigenvalue weighted by atomic mass is 16.3. The molecule has 1 amide bonds. The summed E-state index contributed by atoms with van der Waals surface area (Å²) in [7, 11) is 1.58. The van der Waals surface area contributed by atoms with Gasteiger partial charge in [0.2, 0.25) is 5.91 Å². The molecule has 0 saturated heterocycles. The van der Waals surface area contributed by atoms with Crippen LogP contribution in [0.4, 0.5) is 0 Å². The van der Waals surface area contributed by atoms with Gasteiger partial charge < -0.3 is 10.4 Å². The first-order chi connectivity index (χ1) is 9.24. The summed E-state index contributed by atoms with van der Waals surface area (Å²) in [5.74, 6) is -0.795. The predicted octanol–water partition coefficient (Wildman–Crippen LogP) is 2.25. The van der Waals surface area contributed by atoms with Crippen molar-refractivity contribution in [2.45, 2.75) is 12.0 Å². The van der Waals surface area contributed by atoms with Gasteiger partial charge in [0.1, 0.15) is 0 Å². The van der Waals surface area contributed by atoms with Crippen LogP contribution in [0.3, 0.4) is 0 Å². The number of hydrogen-bond donors (Lipinski definition) is 2. The molecule has 0 aliphatic carbocycles. The molecule has 0 fully saturated rings. The molecule has 2 aromatic rings. The molecule has 2 rings (SSSR count). The summed E-state index contributed by atoms with van der Waals surface area (Å²) in [5.41, 5.74) is 1.54. The molecule has 2 N–H and O–H groups in total. The molecule has 0 heterocycles. The van der Waals surface area contributed by atoms with E-state index in [0.29, 0.717) is 0 Å². The zero-order valence-electron chi connectivity index (χ0n) is 10.8. The maximum atomic E-state index is 12.1. The second-order valence-electron chi connectivity index (χ2n) is 4.36. The number of likely N-dealkylation sites (N-methyl/N-ethyl adjacent to an activating group) is 1. The number of benzene rings is 2. The lowest BCUT2D eigenvalue weighted by molar-refractivity contribution is -0.124. The number of nitrogens with one attached hydrogen (secondary N) is 1. The van der Waals surface area contributed by atoms with Crippen molar-refractivity contribution in [3.05, 3.63) is 71.8 Å². The minimum atomic E-state index is -0.858. The third-order valence-electron chi connectivity index (χ3n) is 3.14. The van der Waals surface area contributed by atoms with Gasteiger partial charge in [-0.25, -0.2) is 0 Å². The SMILES string of the molecule is CNC(=O)[C@@H](c1ccccc1)[C@H](O)c1ccccc1. The van der Waals surface area contributed by atoms with Gasteiger partial charge in [-0.2, -0.15) is 0 Å². The van der Waals surface area contributed by atoms with E-state index < -0.39 is 12.0 Å². The fraction of sp³-hybridized carbons (Fsp3) is 0.188. The van der Waals surface area contributed by atoms with Crippen molar-refractivity contribution >= 4 is 5.91 Å². The van der Waals surface area contributed by atoms with Crippen molar-refractivity contribution in [2.75, 3.05) is 7.05 Å². The summed E-state index contributed by atoms with van der Waals surface area (Å²) in [4.78, 5) is 12.1. The second-order valence-corrected chi connectivity index (χ2v) is 4.36. The number of carbonyl (C=O) groups excluding carboxylic acids is 1. The Morgan fingerprint density at radius 2 is 1.42 bits per heavy atom. The fourth-order valence-corrected chi connectivity index (χ4v) is 2.14. The molecule has 2 aromatic carbocycles. The van der Waals surface area contributed by atoms with Gasteiger partial charge in [-0.05, 0) is 11.1 Å². The Bertz CT molecular complexity index is 525. The van der Waals surface area contributed by atoms with Crippen molar-refractivity contribution in [3.63, 3.8) is 0 Å². The largest absolute Gasteiger partial charge is 0.387 e. The molecule has 0 radical (unpaired) electrons. The van der Waals surface area contributed by atoms with Crippen LogP contribution >= 0.6 is 0 Å². The molecule has 2 atom stereocenters. The van der Waals surface area contributed by atoms with Crippen LogP contribution in [0, 0.1) is 0 Å². The minimum absolute atomic E-state index is 0.192. The summed E-state index contributed by atoms with van der Waals surface area (Å²) < 4.78 is 0. The van der Waals surface area contributed by atoms with Crippen molar-refractivity contribution in [3.8, 4) is 0 Å². The van der Waals surface area contributed by atoms with Gasteiger partial charge in [0, 0.05) is 7.05 Å². The molecule has 0 saturated carbocycles. The Morgan fingerprint density at radius 1 is 0.947 bits per heavy atom. The highest BCUT2D eigenvalue weighted by Gasteiger charge is 2.28. The van der Waals surface area contributed by atoms with Gasteiger partial charge in [-0.3, -0.25) is 4.79 Å². The summed E-state index contributed by atoms with van der Waals surface area (Å²) in [5, 5.41) is 13.1. The highest BCUT2D eigenvalue weighted by molar-refractivity contribution is 5.84. The quantitative estimate of drug-likeness (QED) is 0.880. The first kappa shape index (κ1) is 13.3. The van der Waals surface area contributed by atoms with E-state index in [1.165, 1.54) is 0 Å². The summed E-state index contributed by atoms with van der Waals surface area (Å²) in [6.07, 6.45) is -0.858. The molecule has 0 bridgehead atoms. The molecular weight excluding hydrogens is 238 g/mol. The molecular formula is C16H17NO2. The number of amides is 1. The fourth-order valence-electron chi connectivity index (χ4n) is 2.14. The lowest BCUT2D eigenvalue weighted by Crippen LogP contribution is -2.30. The van der Waals surface area contributed by atoms with E-state index in [4.69, 9.17) is 0 Å². The molecule has 0 aliphatic heterocycles. The van der Waals surface area contributed by atoms with E-state index in [-0.39, 0.29) is 5.91 Å². The second kappa shape index (κ2) is 6.16. The first-order valence-electron chi connectivity index (χ1n) is 6.23. The lowest BCUT2D eigenvalue weighted by atomic mass is 9.88. The minimum Gasteiger partial charge on any atom is -0.387 e. The van der Waals surface area contributed by atoms with Crippen LogP contribution < -0.4 is 5.32 Å². The van der Waals surface area contributed by atoms with Crippen LogP contribution in [0.15, 0.2) is 60.7 Å². The van der Waals surface area contributed by atoms with E-state index in [1.54, 1.807) is 7.05 Å². The van der Waals surface area contributed by atoms with Gasteiger partial charge in [0.15, 0.2) is 0 Å². The van der Waals surface area contributed by atoms with E-state index in [1.807, 2.05) is 60.7 Å². The maximum absolute atomic E-state index is 12.1. The third kappa shape index (κ3) is 3.01. The number of aliphatic hydroxyl groups excluding tert-OH is 1. The van der Waals surface area contributed by atoms with Crippen LogP contribution in [0.25, 0.3) is 0 Å². The Balaban J connectivity index is 2.36. The van der Waals surface area contributed by atoms with E-state index in [9.17, 15) is 9.90 Å². The standard InChI is InChI=1S/C16H17NO2/c1-17-16(19)14(12-8-4-2-5-9-12)15(18)13-10-6-3-7-11-13/h2-11,14-15,18H,1H3,(H,17,19)/t14-,15+/m0/s1. The van der Waals surface area contributed by atoms with Crippen molar-refractivity contribution in [2.24, 2.45) is 0 Å². The zero-order valence-corrected chi connectivity index (χ0v) is 10.8.